The maximum Gasteiger partial charge on any atom is 0.273 e. The minimum atomic E-state index is -0.343. The lowest BCUT2D eigenvalue weighted by molar-refractivity contribution is -0.385. The third-order valence-electron chi connectivity index (χ3n) is 4.56. The molecule has 1 aliphatic heterocycles. The Morgan fingerprint density at radius 3 is 2.37 bits per heavy atom. The summed E-state index contributed by atoms with van der Waals surface area (Å²) in [4.78, 5) is 27.3. The Morgan fingerprint density at radius 2 is 1.67 bits per heavy atom. The van der Waals surface area contributed by atoms with E-state index in [2.05, 4.69) is 15.1 Å². The normalized spacial score (nSPS) is 15.4. The highest BCUT2D eigenvalue weighted by Crippen LogP contribution is 2.21. The summed E-state index contributed by atoms with van der Waals surface area (Å²) in [6, 6.07) is 14.0. The topological polar surface area (TPSA) is 78.7 Å². The molecule has 0 atom stereocenters. The number of para-hydroxylation sites is 2. The Morgan fingerprint density at radius 1 is 1.04 bits per heavy atom. The second-order valence-electron chi connectivity index (χ2n) is 6.47. The van der Waals surface area contributed by atoms with E-state index in [0.717, 1.165) is 26.2 Å². The van der Waals surface area contributed by atoms with Crippen molar-refractivity contribution in [1.82, 2.24) is 9.80 Å². The number of carbonyl (C=O) groups is 1. The van der Waals surface area contributed by atoms with Crippen molar-refractivity contribution >= 4 is 28.9 Å². The molecule has 0 saturated carbocycles. The number of carbonyl (C=O) groups excluding carboxylic acids is 1. The van der Waals surface area contributed by atoms with Crippen molar-refractivity contribution in [2.75, 3.05) is 38.0 Å². The van der Waals surface area contributed by atoms with Gasteiger partial charge in [-0.15, -0.1) is 0 Å². The molecule has 3 rings (SSSR count). The van der Waals surface area contributed by atoms with Crippen molar-refractivity contribution in [2.24, 2.45) is 0 Å². The number of nitrogens with one attached hydrogen (secondary N) is 1. The zero-order valence-corrected chi connectivity index (χ0v) is 15.6. The lowest BCUT2D eigenvalue weighted by Crippen LogP contribution is -2.48. The molecule has 0 aliphatic carbocycles. The molecule has 2 aromatic rings. The number of benzene rings is 2. The number of amides is 1. The summed E-state index contributed by atoms with van der Waals surface area (Å²) in [5.74, 6) is -0.102. The van der Waals surface area contributed by atoms with Crippen LogP contribution in [0.15, 0.2) is 48.5 Å². The molecule has 2 aromatic carbocycles. The molecule has 0 unspecified atom stereocenters. The summed E-state index contributed by atoms with van der Waals surface area (Å²) in [7, 11) is 0. The highest BCUT2D eigenvalue weighted by atomic mass is 35.5. The fraction of sp³-hybridized carbons (Fsp3) is 0.316. The van der Waals surface area contributed by atoms with Gasteiger partial charge >= 0.3 is 0 Å². The summed E-state index contributed by atoms with van der Waals surface area (Å²) in [5, 5.41) is 14.5. The highest BCUT2D eigenvalue weighted by molar-refractivity contribution is 6.33. The fourth-order valence-electron chi connectivity index (χ4n) is 3.12. The molecule has 142 valence electrons. The van der Waals surface area contributed by atoms with Crippen LogP contribution in [0.25, 0.3) is 0 Å². The van der Waals surface area contributed by atoms with E-state index in [1.165, 1.54) is 6.07 Å². The van der Waals surface area contributed by atoms with E-state index in [1.807, 2.05) is 18.2 Å². The van der Waals surface area contributed by atoms with Gasteiger partial charge in [-0.1, -0.05) is 41.9 Å². The number of anilines is 1. The summed E-state index contributed by atoms with van der Waals surface area (Å²) >= 11 is 6.06. The minimum Gasteiger partial charge on any atom is -0.324 e. The van der Waals surface area contributed by atoms with Gasteiger partial charge in [0.1, 0.15) is 0 Å². The first-order valence-electron chi connectivity index (χ1n) is 8.74. The van der Waals surface area contributed by atoms with Crippen molar-refractivity contribution in [3.63, 3.8) is 0 Å². The zero-order chi connectivity index (χ0) is 19.2. The Hall–Kier alpha value is -2.48. The maximum absolute atomic E-state index is 12.2. The second-order valence-corrected chi connectivity index (χ2v) is 6.87. The molecule has 0 bridgehead atoms. The number of rotatable bonds is 6. The summed E-state index contributed by atoms with van der Waals surface area (Å²) in [6.45, 7) is 3.81. The summed E-state index contributed by atoms with van der Waals surface area (Å²) in [6.07, 6.45) is 0. The van der Waals surface area contributed by atoms with Gasteiger partial charge in [-0.2, -0.15) is 0 Å². The van der Waals surface area contributed by atoms with Crippen molar-refractivity contribution in [1.29, 1.82) is 0 Å². The molecule has 27 heavy (non-hydrogen) atoms. The van der Waals surface area contributed by atoms with Crippen molar-refractivity contribution < 1.29 is 9.72 Å². The van der Waals surface area contributed by atoms with Crippen LogP contribution in [0.5, 0.6) is 0 Å². The van der Waals surface area contributed by atoms with Gasteiger partial charge in [0.05, 0.1) is 22.2 Å². The molecule has 1 amide bonds. The Kier molecular flexibility index (Phi) is 6.39. The molecular weight excluding hydrogens is 368 g/mol. The van der Waals surface area contributed by atoms with E-state index in [9.17, 15) is 14.9 Å². The zero-order valence-electron chi connectivity index (χ0n) is 14.8. The molecule has 1 fully saturated rings. The van der Waals surface area contributed by atoms with E-state index in [4.69, 9.17) is 11.6 Å². The van der Waals surface area contributed by atoms with Crippen LogP contribution in [-0.4, -0.2) is 53.4 Å². The number of hydrogen-bond acceptors (Lipinski definition) is 5. The molecule has 1 saturated heterocycles. The van der Waals surface area contributed by atoms with Crippen LogP contribution >= 0.6 is 11.6 Å². The lowest BCUT2D eigenvalue weighted by Gasteiger charge is -2.34. The molecule has 7 nitrogen and oxygen atoms in total. The van der Waals surface area contributed by atoms with Crippen LogP contribution in [0.4, 0.5) is 11.4 Å². The Bertz CT molecular complexity index is 822. The number of nitro groups is 1. The van der Waals surface area contributed by atoms with Gasteiger partial charge in [-0.05, 0) is 12.1 Å². The monoisotopic (exact) mass is 388 g/mol. The first-order valence-corrected chi connectivity index (χ1v) is 9.12. The third-order valence-corrected chi connectivity index (χ3v) is 4.89. The van der Waals surface area contributed by atoms with Gasteiger partial charge in [0, 0.05) is 44.4 Å². The van der Waals surface area contributed by atoms with E-state index >= 15 is 0 Å². The van der Waals surface area contributed by atoms with Gasteiger partial charge in [0.25, 0.3) is 5.69 Å². The average Bonchev–Trinajstić information content (AvgIpc) is 2.65. The van der Waals surface area contributed by atoms with Crippen LogP contribution in [0.3, 0.4) is 0 Å². The fourth-order valence-corrected chi connectivity index (χ4v) is 3.31. The van der Waals surface area contributed by atoms with Gasteiger partial charge in [-0.3, -0.25) is 24.7 Å². The van der Waals surface area contributed by atoms with E-state index in [-0.39, 0.29) is 16.5 Å². The summed E-state index contributed by atoms with van der Waals surface area (Å²) in [5.41, 5.74) is 1.48. The van der Waals surface area contributed by atoms with E-state index in [0.29, 0.717) is 29.4 Å². The standard InChI is InChI=1S/C19H21ClN4O3/c20-16-6-2-3-7-17(16)21-19(25)14-23-11-9-22(10-12-23)13-15-5-1-4-8-18(15)24(26)27/h1-8H,9-14H2,(H,21,25). The Balaban J connectivity index is 1.49. The molecule has 8 heteroatoms. The van der Waals surface area contributed by atoms with E-state index in [1.54, 1.807) is 24.3 Å². The largest absolute Gasteiger partial charge is 0.324 e. The maximum atomic E-state index is 12.2. The molecule has 0 spiro atoms. The minimum absolute atomic E-state index is 0.102. The second kappa shape index (κ2) is 8.94. The average molecular weight is 389 g/mol. The number of nitro benzene ring substituents is 1. The predicted octanol–water partition coefficient (Wildman–Crippen LogP) is 3.00. The highest BCUT2D eigenvalue weighted by Gasteiger charge is 2.21. The Labute approximate surface area is 162 Å². The number of hydrogen-bond donors (Lipinski definition) is 1. The van der Waals surface area contributed by atoms with Gasteiger partial charge in [0.15, 0.2) is 0 Å². The van der Waals surface area contributed by atoms with Crippen LogP contribution in [0.2, 0.25) is 5.02 Å². The van der Waals surface area contributed by atoms with Gasteiger partial charge < -0.3 is 5.32 Å². The predicted molar refractivity (Wildman–Crippen MR) is 105 cm³/mol. The molecule has 0 radical (unpaired) electrons. The first kappa shape index (κ1) is 19.3. The van der Waals surface area contributed by atoms with Crippen LogP contribution in [0, 0.1) is 10.1 Å². The smallest absolute Gasteiger partial charge is 0.273 e. The van der Waals surface area contributed by atoms with Crippen molar-refractivity contribution in [3.8, 4) is 0 Å². The number of nitrogens with zero attached hydrogens (tertiary/aromatic N) is 3. The molecule has 0 aromatic heterocycles. The molecule has 1 aliphatic rings. The van der Waals surface area contributed by atoms with Gasteiger partial charge in [0.2, 0.25) is 5.91 Å². The molecular formula is C19H21ClN4O3. The third kappa shape index (κ3) is 5.26. The van der Waals surface area contributed by atoms with Crippen LogP contribution in [0.1, 0.15) is 5.56 Å². The van der Waals surface area contributed by atoms with E-state index < -0.39 is 0 Å². The van der Waals surface area contributed by atoms with Crippen LogP contribution in [-0.2, 0) is 11.3 Å². The quantitative estimate of drug-likeness (QED) is 0.608. The number of piperazine rings is 1. The SMILES string of the molecule is O=C(CN1CCN(Cc2ccccc2[N+](=O)[O-])CC1)Nc1ccccc1Cl. The van der Waals surface area contributed by atoms with Gasteiger partial charge in [-0.25, -0.2) is 0 Å². The van der Waals surface area contributed by atoms with Crippen molar-refractivity contribution in [2.45, 2.75) is 6.54 Å². The lowest BCUT2D eigenvalue weighted by atomic mass is 10.1. The van der Waals surface area contributed by atoms with Crippen molar-refractivity contribution in [3.05, 3.63) is 69.2 Å². The molecule has 1 heterocycles. The molecule has 1 N–H and O–H groups in total. The summed E-state index contributed by atoms with van der Waals surface area (Å²) < 4.78 is 0. The van der Waals surface area contributed by atoms with Crippen LogP contribution < -0.4 is 5.32 Å². The number of halogens is 1. The first-order chi connectivity index (χ1) is 13.0.